The Balaban J connectivity index is 1.28. The summed E-state index contributed by atoms with van der Waals surface area (Å²) in [4.78, 5) is 0. The lowest BCUT2D eigenvalue weighted by Gasteiger charge is -2.22. The van der Waals surface area contributed by atoms with Crippen molar-refractivity contribution in [2.24, 2.45) is 5.92 Å². The minimum atomic E-state index is 0.372. The minimum absolute atomic E-state index is 0.372. The number of aromatic nitrogens is 1. The van der Waals surface area contributed by atoms with E-state index in [2.05, 4.69) is 162 Å². The van der Waals surface area contributed by atoms with Gasteiger partial charge in [-0.25, -0.2) is 0 Å². The van der Waals surface area contributed by atoms with Crippen LogP contribution in [0.4, 0.5) is 0 Å². The SMILES string of the molecule is C1=CC(c2ccc3sc4c(cc(-c5ccc(-c6ccccc6)cc5)c5c4c4c(n5-c5ccccc5)CC(C5=CCCC=C5)C=C4)c3c2)=CCC1. The number of fused-ring (bicyclic) bond motifs is 7. The standard InChI is InChI=1S/C48H37NS/c1-5-13-32(14-6-1)35-21-23-36(24-22-35)41-31-43-42-29-37(33-15-7-2-8-16-33)26-28-45(42)50-48(43)46-40-27-25-38(34-17-9-3-10-18-34)30-44(40)49(47(41)46)39-19-11-4-12-20-39/h1,4-7,9,11-29,31,38H,2-3,8,10,30H2. The lowest BCUT2D eigenvalue weighted by molar-refractivity contribution is 0.721. The molecule has 0 saturated heterocycles. The van der Waals surface area contributed by atoms with Crippen LogP contribution in [-0.2, 0) is 6.42 Å². The molecule has 5 aromatic carbocycles. The van der Waals surface area contributed by atoms with Gasteiger partial charge in [-0.2, -0.15) is 0 Å². The van der Waals surface area contributed by atoms with Crippen molar-refractivity contribution in [1.29, 1.82) is 0 Å². The molecule has 0 aliphatic heterocycles. The predicted molar refractivity (Wildman–Crippen MR) is 216 cm³/mol. The third kappa shape index (κ3) is 4.89. The minimum Gasteiger partial charge on any atom is -0.312 e. The van der Waals surface area contributed by atoms with E-state index in [-0.39, 0.29) is 0 Å². The van der Waals surface area contributed by atoms with Crippen LogP contribution in [0.1, 0.15) is 42.5 Å². The van der Waals surface area contributed by atoms with Crippen molar-refractivity contribution in [3.05, 3.63) is 174 Å². The van der Waals surface area contributed by atoms with Crippen molar-refractivity contribution in [3.63, 3.8) is 0 Å². The van der Waals surface area contributed by atoms with Crippen LogP contribution < -0.4 is 0 Å². The molecular formula is C48H37NS. The summed E-state index contributed by atoms with van der Waals surface area (Å²) in [6.45, 7) is 0. The van der Waals surface area contributed by atoms with E-state index in [4.69, 9.17) is 0 Å². The monoisotopic (exact) mass is 659 g/mol. The van der Waals surface area contributed by atoms with Crippen molar-refractivity contribution < 1.29 is 0 Å². The van der Waals surface area contributed by atoms with E-state index in [0.29, 0.717) is 5.92 Å². The lowest BCUT2D eigenvalue weighted by Crippen LogP contribution is -2.13. The molecule has 240 valence electrons. The van der Waals surface area contributed by atoms with Crippen molar-refractivity contribution in [2.45, 2.75) is 32.1 Å². The van der Waals surface area contributed by atoms with E-state index >= 15 is 0 Å². The van der Waals surface area contributed by atoms with Gasteiger partial charge in [-0.15, -0.1) is 11.3 Å². The highest BCUT2D eigenvalue weighted by Gasteiger charge is 2.28. The molecule has 0 fully saturated rings. The summed E-state index contributed by atoms with van der Waals surface area (Å²) >= 11 is 1.95. The van der Waals surface area contributed by atoms with Crippen molar-refractivity contribution in [2.75, 3.05) is 0 Å². The second-order valence-corrected chi connectivity index (χ2v) is 14.9. The van der Waals surface area contributed by atoms with E-state index in [1.54, 1.807) is 0 Å². The summed E-state index contributed by atoms with van der Waals surface area (Å²) in [7, 11) is 0. The maximum absolute atomic E-state index is 2.60. The zero-order valence-corrected chi connectivity index (χ0v) is 28.8. The molecule has 7 aromatic rings. The number of thiophene rings is 1. The van der Waals surface area contributed by atoms with E-state index < -0.39 is 0 Å². The number of nitrogens with zero attached hydrogens (tertiary/aromatic N) is 1. The maximum Gasteiger partial charge on any atom is 0.0630 e. The Hall–Kier alpha value is -5.44. The van der Waals surface area contributed by atoms with E-state index in [0.717, 1.165) is 32.1 Å². The summed E-state index contributed by atoms with van der Waals surface area (Å²) in [5, 5.41) is 4.08. The number of hydrogen-bond acceptors (Lipinski definition) is 1. The van der Waals surface area contributed by atoms with Gasteiger partial charge in [0.05, 0.1) is 5.52 Å². The maximum atomic E-state index is 2.60. The molecular weight excluding hydrogens is 623 g/mol. The van der Waals surface area contributed by atoms with E-state index in [1.165, 1.54) is 87.0 Å². The number of para-hydroxylation sites is 1. The van der Waals surface area contributed by atoms with Gasteiger partial charge in [0.2, 0.25) is 0 Å². The molecule has 2 heterocycles. The normalized spacial score (nSPS) is 17.0. The highest BCUT2D eigenvalue weighted by Crippen LogP contribution is 2.49. The van der Waals surface area contributed by atoms with Crippen molar-refractivity contribution in [3.8, 4) is 27.9 Å². The van der Waals surface area contributed by atoms with Crippen LogP contribution in [-0.4, -0.2) is 4.57 Å². The molecule has 1 unspecified atom stereocenters. The fraction of sp³-hybridized carbons (Fsp3) is 0.125. The molecule has 0 N–H and O–H groups in total. The van der Waals surface area contributed by atoms with Crippen molar-refractivity contribution >= 4 is 54.1 Å². The van der Waals surface area contributed by atoms with Crippen molar-refractivity contribution in [1.82, 2.24) is 4.57 Å². The first kappa shape index (κ1) is 29.5. The largest absolute Gasteiger partial charge is 0.312 e. The molecule has 1 atom stereocenters. The van der Waals surface area contributed by atoms with Crippen LogP contribution in [0.2, 0.25) is 0 Å². The molecule has 3 aliphatic carbocycles. The molecule has 0 radical (unpaired) electrons. The lowest BCUT2D eigenvalue weighted by atomic mass is 9.85. The Labute approximate surface area is 297 Å². The molecule has 0 bridgehead atoms. The highest BCUT2D eigenvalue weighted by molar-refractivity contribution is 7.26. The summed E-state index contributed by atoms with van der Waals surface area (Å²) in [5.74, 6) is 0.372. The average Bonchev–Trinajstić information content (AvgIpc) is 3.74. The second kappa shape index (κ2) is 12.2. The summed E-state index contributed by atoms with van der Waals surface area (Å²) < 4.78 is 5.33. The Bertz CT molecular complexity index is 2580. The van der Waals surface area contributed by atoms with Gasteiger partial charge in [0.25, 0.3) is 0 Å². The Morgan fingerprint density at radius 1 is 0.600 bits per heavy atom. The third-order valence-electron chi connectivity index (χ3n) is 10.8. The van der Waals surface area contributed by atoms with Gasteiger partial charge in [0.1, 0.15) is 0 Å². The van der Waals surface area contributed by atoms with Gasteiger partial charge in [-0.05, 0) is 95.8 Å². The fourth-order valence-electron chi connectivity index (χ4n) is 8.35. The molecule has 2 heteroatoms. The Kier molecular flexibility index (Phi) is 7.17. The zero-order chi connectivity index (χ0) is 33.0. The summed E-state index contributed by atoms with van der Waals surface area (Å²) in [5.41, 5.74) is 14.4. The van der Waals surface area contributed by atoms with Gasteiger partial charge in [0.15, 0.2) is 0 Å². The molecule has 0 saturated carbocycles. The van der Waals surface area contributed by atoms with E-state index in [1.807, 2.05) is 11.3 Å². The number of hydrogen-bond donors (Lipinski definition) is 0. The molecule has 2 aromatic heterocycles. The predicted octanol–water partition coefficient (Wildman–Crippen LogP) is 13.5. The topological polar surface area (TPSA) is 4.93 Å². The quantitative estimate of drug-likeness (QED) is 0.173. The van der Waals surface area contributed by atoms with Gasteiger partial charge in [-0.3, -0.25) is 0 Å². The summed E-state index contributed by atoms with van der Waals surface area (Å²) in [6.07, 6.45) is 24.6. The number of rotatable bonds is 5. The third-order valence-corrected chi connectivity index (χ3v) is 12.0. The smallest absolute Gasteiger partial charge is 0.0630 e. The molecule has 1 nitrogen and oxygen atoms in total. The molecule has 0 amide bonds. The molecule has 0 spiro atoms. The van der Waals surface area contributed by atoms with Crippen LogP contribution in [0.5, 0.6) is 0 Å². The summed E-state index contributed by atoms with van der Waals surface area (Å²) in [6, 6.07) is 40.6. The zero-order valence-electron chi connectivity index (χ0n) is 28.0. The Morgan fingerprint density at radius 2 is 1.32 bits per heavy atom. The van der Waals surface area contributed by atoms with Crippen LogP contribution in [0.25, 0.3) is 70.7 Å². The average molecular weight is 660 g/mol. The fourth-order valence-corrected chi connectivity index (χ4v) is 9.57. The Morgan fingerprint density at radius 3 is 2.08 bits per heavy atom. The first-order chi connectivity index (χ1) is 24.8. The number of allylic oxidation sites excluding steroid dienone is 9. The molecule has 50 heavy (non-hydrogen) atoms. The van der Waals surface area contributed by atoms with Gasteiger partial charge in [0, 0.05) is 54.0 Å². The molecule has 3 aliphatic rings. The molecule has 10 rings (SSSR count). The first-order valence-corrected chi connectivity index (χ1v) is 18.8. The second-order valence-electron chi connectivity index (χ2n) is 13.8. The highest BCUT2D eigenvalue weighted by atomic mass is 32.1. The van der Waals surface area contributed by atoms with E-state index in [9.17, 15) is 0 Å². The van der Waals surface area contributed by atoms with Gasteiger partial charge in [-0.1, -0.05) is 127 Å². The first-order valence-electron chi connectivity index (χ1n) is 18.0. The van der Waals surface area contributed by atoms with Crippen LogP contribution in [0.15, 0.2) is 157 Å². The van der Waals surface area contributed by atoms with Gasteiger partial charge < -0.3 is 4.57 Å². The number of benzene rings is 5. The van der Waals surface area contributed by atoms with Gasteiger partial charge >= 0.3 is 0 Å². The van der Waals surface area contributed by atoms with Crippen LogP contribution in [0.3, 0.4) is 0 Å². The van der Waals surface area contributed by atoms with Crippen LogP contribution >= 0.6 is 11.3 Å². The van der Waals surface area contributed by atoms with Crippen LogP contribution in [0, 0.1) is 5.92 Å².